The Labute approximate surface area is 325 Å². The van der Waals surface area contributed by atoms with E-state index in [1.807, 2.05) is 12.1 Å². The van der Waals surface area contributed by atoms with Gasteiger partial charge in [0.25, 0.3) is 0 Å². The van der Waals surface area contributed by atoms with E-state index in [0.717, 1.165) is 49.8 Å². The van der Waals surface area contributed by atoms with Crippen LogP contribution in [0.5, 0.6) is 0 Å². The maximum Gasteiger partial charge on any atom is 0.136 e. The highest BCUT2D eigenvalue weighted by atomic mass is 16.3. The molecular formula is C54H35NO. The van der Waals surface area contributed by atoms with E-state index in [0.29, 0.717) is 0 Å². The molecule has 0 atom stereocenters. The van der Waals surface area contributed by atoms with E-state index in [1.165, 1.54) is 55.3 Å². The predicted molar refractivity (Wildman–Crippen MR) is 235 cm³/mol. The van der Waals surface area contributed by atoms with Crippen LogP contribution < -0.4 is 0 Å². The Hall–Kier alpha value is -7.42. The summed E-state index contributed by atoms with van der Waals surface area (Å²) in [5.74, 6) is 0. The first kappa shape index (κ1) is 32.0. The largest absolute Gasteiger partial charge is 0.456 e. The highest BCUT2D eigenvalue weighted by Crippen LogP contribution is 2.43. The molecule has 0 saturated heterocycles. The molecule has 0 bridgehead atoms. The van der Waals surface area contributed by atoms with Crippen LogP contribution in [0.15, 0.2) is 217 Å². The second-order valence-corrected chi connectivity index (χ2v) is 14.4. The minimum Gasteiger partial charge on any atom is -0.456 e. The molecule has 262 valence electrons. The molecule has 0 radical (unpaired) electrons. The van der Waals surface area contributed by atoms with E-state index < -0.39 is 0 Å². The lowest BCUT2D eigenvalue weighted by molar-refractivity contribution is 0.669. The maximum atomic E-state index is 6.37. The van der Waals surface area contributed by atoms with Crippen molar-refractivity contribution in [2.75, 3.05) is 0 Å². The number of nitrogens with zero attached hydrogens (tertiary/aromatic N) is 1. The molecule has 2 heterocycles. The van der Waals surface area contributed by atoms with E-state index in [2.05, 4.69) is 205 Å². The molecule has 0 saturated carbocycles. The zero-order valence-electron chi connectivity index (χ0n) is 30.6. The maximum absolute atomic E-state index is 6.37. The van der Waals surface area contributed by atoms with Crippen molar-refractivity contribution < 1.29 is 4.42 Å². The number of fused-ring (bicyclic) bond motifs is 6. The molecule has 2 nitrogen and oxygen atoms in total. The summed E-state index contributed by atoms with van der Waals surface area (Å²) in [5.41, 5.74) is 17.2. The average Bonchev–Trinajstić information content (AvgIpc) is 3.81. The van der Waals surface area contributed by atoms with Crippen LogP contribution in [0.3, 0.4) is 0 Å². The van der Waals surface area contributed by atoms with Gasteiger partial charge in [0, 0.05) is 27.1 Å². The zero-order valence-corrected chi connectivity index (χ0v) is 30.6. The van der Waals surface area contributed by atoms with E-state index in [4.69, 9.17) is 4.42 Å². The number of furan rings is 1. The number of rotatable bonds is 6. The third-order valence-electron chi connectivity index (χ3n) is 11.2. The highest BCUT2D eigenvalue weighted by molar-refractivity contribution is 6.13. The fourth-order valence-corrected chi connectivity index (χ4v) is 8.63. The smallest absolute Gasteiger partial charge is 0.136 e. The van der Waals surface area contributed by atoms with E-state index in [1.54, 1.807) is 0 Å². The number of hydrogen-bond donors (Lipinski definition) is 0. The lowest BCUT2D eigenvalue weighted by Crippen LogP contribution is -1.97. The standard InChI is InChI=1S/C54H35NO/c1-3-15-36(16-4-1)41-19-7-9-21-43(41)38-28-31-51-48(33-38)49-34-39(44-22-10-8-20-42(44)37-17-5-2-6-18-37)29-32-52(49)55(51)50-25-13-11-23-45(50)40-27-30-47-46-24-12-14-26-53(46)56-54(47)35-40/h1-35H. The van der Waals surface area contributed by atoms with Gasteiger partial charge in [-0.05, 0) is 98.6 Å². The van der Waals surface area contributed by atoms with Crippen LogP contribution in [0.4, 0.5) is 0 Å². The molecule has 56 heavy (non-hydrogen) atoms. The van der Waals surface area contributed by atoms with Gasteiger partial charge in [0.05, 0.1) is 16.7 Å². The van der Waals surface area contributed by atoms with E-state index >= 15 is 0 Å². The summed E-state index contributed by atoms with van der Waals surface area (Å²) in [4.78, 5) is 0. The van der Waals surface area contributed by atoms with Crippen LogP contribution in [-0.4, -0.2) is 4.57 Å². The SMILES string of the molecule is c1ccc(-c2ccccc2-c2ccc3c(c2)c2cc(-c4ccccc4-c4ccccc4)ccc2n3-c2ccccc2-c2ccc3c(c2)oc2ccccc23)cc1. The Morgan fingerprint density at radius 3 is 1.29 bits per heavy atom. The first-order valence-electron chi connectivity index (χ1n) is 19.2. The second kappa shape index (κ2) is 13.2. The van der Waals surface area contributed by atoms with Crippen LogP contribution in [-0.2, 0) is 0 Å². The molecule has 0 aliphatic carbocycles. The lowest BCUT2D eigenvalue weighted by atomic mass is 9.92. The fourth-order valence-electron chi connectivity index (χ4n) is 8.63. The molecule has 0 aliphatic rings. The first-order valence-corrected chi connectivity index (χ1v) is 19.2. The summed E-state index contributed by atoms with van der Waals surface area (Å²) >= 11 is 0. The van der Waals surface area contributed by atoms with Gasteiger partial charge >= 0.3 is 0 Å². The molecule has 0 fully saturated rings. The van der Waals surface area contributed by atoms with Crippen molar-refractivity contribution in [2.45, 2.75) is 0 Å². The quantitative estimate of drug-likeness (QED) is 0.168. The number of para-hydroxylation sites is 2. The summed E-state index contributed by atoms with van der Waals surface area (Å²) < 4.78 is 8.82. The third-order valence-corrected chi connectivity index (χ3v) is 11.2. The third kappa shape index (κ3) is 5.26. The Kier molecular flexibility index (Phi) is 7.53. The van der Waals surface area contributed by atoms with Gasteiger partial charge in [-0.3, -0.25) is 0 Å². The molecule has 0 unspecified atom stereocenters. The molecule has 11 rings (SSSR count). The second-order valence-electron chi connectivity index (χ2n) is 14.4. The minimum absolute atomic E-state index is 0.893. The van der Waals surface area contributed by atoms with Crippen molar-refractivity contribution in [2.24, 2.45) is 0 Å². The van der Waals surface area contributed by atoms with Crippen LogP contribution in [0.25, 0.3) is 105 Å². The number of aromatic nitrogens is 1. The molecule has 0 spiro atoms. The molecule has 9 aromatic carbocycles. The molecule has 0 aliphatic heterocycles. The summed E-state index contributed by atoms with van der Waals surface area (Å²) in [6.07, 6.45) is 0. The van der Waals surface area contributed by atoms with Crippen molar-refractivity contribution >= 4 is 43.7 Å². The van der Waals surface area contributed by atoms with Gasteiger partial charge in [-0.15, -0.1) is 0 Å². The van der Waals surface area contributed by atoms with Crippen LogP contribution in [0.2, 0.25) is 0 Å². The monoisotopic (exact) mass is 713 g/mol. The van der Waals surface area contributed by atoms with Gasteiger partial charge in [-0.25, -0.2) is 0 Å². The van der Waals surface area contributed by atoms with Crippen LogP contribution >= 0.6 is 0 Å². The Morgan fingerprint density at radius 2 is 0.696 bits per heavy atom. The Morgan fingerprint density at radius 1 is 0.268 bits per heavy atom. The Bertz CT molecular complexity index is 3100. The molecule has 2 aromatic heterocycles. The van der Waals surface area contributed by atoms with Crippen molar-refractivity contribution in [3.63, 3.8) is 0 Å². The van der Waals surface area contributed by atoms with Crippen molar-refractivity contribution in [3.8, 4) is 61.3 Å². The molecule has 2 heteroatoms. The zero-order chi connectivity index (χ0) is 37.0. The number of benzene rings is 9. The summed E-state index contributed by atoms with van der Waals surface area (Å²) in [6, 6.07) is 76.5. The van der Waals surface area contributed by atoms with Crippen molar-refractivity contribution in [3.05, 3.63) is 212 Å². The van der Waals surface area contributed by atoms with E-state index in [-0.39, 0.29) is 0 Å². The van der Waals surface area contributed by atoms with Gasteiger partial charge < -0.3 is 8.98 Å². The van der Waals surface area contributed by atoms with Gasteiger partial charge in [0.2, 0.25) is 0 Å². The lowest BCUT2D eigenvalue weighted by Gasteiger charge is -2.15. The normalized spacial score (nSPS) is 11.6. The molecule has 0 N–H and O–H groups in total. The topological polar surface area (TPSA) is 18.1 Å². The van der Waals surface area contributed by atoms with E-state index in [9.17, 15) is 0 Å². The fraction of sp³-hybridized carbons (Fsp3) is 0. The summed E-state index contributed by atoms with van der Waals surface area (Å²) in [5, 5.41) is 4.69. The molecular weight excluding hydrogens is 679 g/mol. The minimum atomic E-state index is 0.893. The Balaban J connectivity index is 1.16. The van der Waals surface area contributed by atoms with Crippen molar-refractivity contribution in [1.82, 2.24) is 4.57 Å². The molecule has 0 amide bonds. The van der Waals surface area contributed by atoms with Gasteiger partial charge in [0.1, 0.15) is 11.2 Å². The van der Waals surface area contributed by atoms with Crippen LogP contribution in [0, 0.1) is 0 Å². The first-order chi connectivity index (χ1) is 27.8. The van der Waals surface area contributed by atoms with Crippen LogP contribution in [0.1, 0.15) is 0 Å². The summed E-state index contributed by atoms with van der Waals surface area (Å²) in [7, 11) is 0. The van der Waals surface area contributed by atoms with Gasteiger partial charge in [0.15, 0.2) is 0 Å². The molecule has 11 aromatic rings. The van der Waals surface area contributed by atoms with Crippen molar-refractivity contribution in [1.29, 1.82) is 0 Å². The number of hydrogen-bond acceptors (Lipinski definition) is 1. The predicted octanol–water partition coefficient (Wildman–Crippen LogP) is 15.0. The van der Waals surface area contributed by atoms with Gasteiger partial charge in [-0.2, -0.15) is 0 Å². The van der Waals surface area contributed by atoms with Gasteiger partial charge in [-0.1, -0.05) is 164 Å². The summed E-state index contributed by atoms with van der Waals surface area (Å²) in [6.45, 7) is 0. The average molecular weight is 714 g/mol. The highest BCUT2D eigenvalue weighted by Gasteiger charge is 2.19.